The molecule has 1 rings (SSSR count). The summed E-state index contributed by atoms with van der Waals surface area (Å²) in [5.74, 6) is -0.172. The number of unbranched alkanes of at least 4 members (excludes halogenated alkanes) is 5. The molecule has 0 aromatic heterocycles. The second-order valence-electron chi connectivity index (χ2n) is 5.54. The Hall–Kier alpha value is -1.82. The van der Waals surface area contributed by atoms with Crippen LogP contribution in [0, 0.1) is 11.3 Å². The molecule has 0 saturated heterocycles. The van der Waals surface area contributed by atoms with Crippen LogP contribution in [-0.4, -0.2) is 11.9 Å². The third-order valence-electron chi connectivity index (χ3n) is 3.55. The number of hydrogen-bond acceptors (Lipinski definition) is 2. The van der Waals surface area contributed by atoms with Crippen LogP contribution in [0.15, 0.2) is 24.3 Å². The monoisotopic (exact) mass is 286 g/mol. The van der Waals surface area contributed by atoms with Crippen molar-refractivity contribution in [3.63, 3.8) is 0 Å². The van der Waals surface area contributed by atoms with Crippen molar-refractivity contribution in [3.05, 3.63) is 35.4 Å². The van der Waals surface area contributed by atoms with Gasteiger partial charge in [0, 0.05) is 5.56 Å². The van der Waals surface area contributed by atoms with Crippen LogP contribution < -0.4 is 5.32 Å². The summed E-state index contributed by atoms with van der Waals surface area (Å²) in [6.45, 7) is 3.90. The normalized spacial score (nSPS) is 11.7. The molecule has 3 nitrogen and oxygen atoms in total. The molecule has 1 amide bonds. The van der Waals surface area contributed by atoms with Gasteiger partial charge in [-0.25, -0.2) is 0 Å². The molecule has 1 N–H and O–H groups in total. The van der Waals surface area contributed by atoms with E-state index in [1.165, 1.54) is 44.1 Å². The molecule has 0 heterocycles. The number of rotatable bonds is 9. The number of nitrogens with one attached hydrogen (secondary N) is 1. The quantitative estimate of drug-likeness (QED) is 0.691. The summed E-state index contributed by atoms with van der Waals surface area (Å²) in [6.07, 6.45) is 8.66. The van der Waals surface area contributed by atoms with Gasteiger partial charge in [-0.3, -0.25) is 4.79 Å². The minimum absolute atomic E-state index is 0.172. The van der Waals surface area contributed by atoms with Crippen LogP contribution in [0.5, 0.6) is 0 Å². The lowest BCUT2D eigenvalue weighted by Gasteiger charge is -2.08. The lowest BCUT2D eigenvalue weighted by atomic mass is 10.0. The van der Waals surface area contributed by atoms with E-state index in [4.69, 9.17) is 5.26 Å². The molecule has 0 radical (unpaired) electrons. The molecule has 1 atom stereocenters. The summed E-state index contributed by atoms with van der Waals surface area (Å²) in [6, 6.07) is 9.26. The fraction of sp³-hybridized carbons (Fsp3) is 0.556. The van der Waals surface area contributed by atoms with Crippen LogP contribution >= 0.6 is 0 Å². The summed E-state index contributed by atoms with van der Waals surface area (Å²) in [7, 11) is 0. The molecule has 3 heteroatoms. The molecule has 114 valence electrons. The smallest absolute Gasteiger partial charge is 0.252 e. The first-order chi connectivity index (χ1) is 10.2. The van der Waals surface area contributed by atoms with Gasteiger partial charge < -0.3 is 5.32 Å². The van der Waals surface area contributed by atoms with E-state index in [1.54, 1.807) is 13.0 Å². The Balaban J connectivity index is 2.42. The number of nitrogens with zero attached hydrogens (tertiary/aromatic N) is 1. The van der Waals surface area contributed by atoms with Crippen molar-refractivity contribution in [2.45, 2.75) is 64.8 Å². The second-order valence-corrected chi connectivity index (χ2v) is 5.54. The molecule has 0 bridgehead atoms. The maximum Gasteiger partial charge on any atom is 0.252 e. The fourth-order valence-electron chi connectivity index (χ4n) is 2.29. The minimum atomic E-state index is -0.459. The van der Waals surface area contributed by atoms with Gasteiger partial charge in [-0.1, -0.05) is 51.2 Å². The lowest BCUT2D eigenvalue weighted by molar-refractivity contribution is 0.0947. The first kappa shape index (κ1) is 17.2. The van der Waals surface area contributed by atoms with Crippen LogP contribution in [0.25, 0.3) is 0 Å². The van der Waals surface area contributed by atoms with E-state index in [1.807, 2.05) is 18.2 Å². The predicted octanol–water partition coefficient (Wildman–Crippen LogP) is 4.23. The maximum atomic E-state index is 12.0. The van der Waals surface area contributed by atoms with E-state index in [-0.39, 0.29) is 5.91 Å². The van der Waals surface area contributed by atoms with Crippen molar-refractivity contribution in [3.8, 4) is 6.07 Å². The Morgan fingerprint density at radius 1 is 1.24 bits per heavy atom. The number of benzene rings is 1. The number of hydrogen-bond donors (Lipinski definition) is 1. The Morgan fingerprint density at radius 3 is 2.67 bits per heavy atom. The molecular formula is C18H26N2O. The van der Waals surface area contributed by atoms with Gasteiger partial charge in [-0.15, -0.1) is 0 Å². The van der Waals surface area contributed by atoms with Crippen LogP contribution in [0.3, 0.4) is 0 Å². The van der Waals surface area contributed by atoms with Crippen molar-refractivity contribution in [2.24, 2.45) is 0 Å². The number of carbonyl (C=O) groups is 1. The van der Waals surface area contributed by atoms with Gasteiger partial charge in [-0.2, -0.15) is 5.26 Å². The van der Waals surface area contributed by atoms with Crippen LogP contribution in [0.1, 0.15) is 68.3 Å². The largest absolute Gasteiger partial charge is 0.337 e. The third-order valence-corrected chi connectivity index (χ3v) is 3.55. The van der Waals surface area contributed by atoms with E-state index in [2.05, 4.69) is 18.3 Å². The summed E-state index contributed by atoms with van der Waals surface area (Å²) < 4.78 is 0. The molecule has 0 fully saturated rings. The average Bonchev–Trinajstić information content (AvgIpc) is 2.50. The summed E-state index contributed by atoms with van der Waals surface area (Å²) >= 11 is 0. The van der Waals surface area contributed by atoms with Crippen LogP contribution in [0.4, 0.5) is 0 Å². The van der Waals surface area contributed by atoms with E-state index in [0.29, 0.717) is 5.56 Å². The van der Waals surface area contributed by atoms with Gasteiger partial charge in [0.25, 0.3) is 5.91 Å². The number of carbonyl (C=O) groups excluding carboxylic acids is 1. The number of amides is 1. The SMILES string of the molecule is CCCCCCCCc1cccc(C(=O)NC(C)C#N)c1. The maximum absolute atomic E-state index is 12.0. The highest BCUT2D eigenvalue weighted by Gasteiger charge is 2.09. The second kappa shape index (κ2) is 9.99. The Morgan fingerprint density at radius 2 is 1.95 bits per heavy atom. The zero-order valence-electron chi connectivity index (χ0n) is 13.2. The van der Waals surface area contributed by atoms with Crippen molar-refractivity contribution < 1.29 is 4.79 Å². The van der Waals surface area contributed by atoms with Crippen LogP contribution in [0.2, 0.25) is 0 Å². The topological polar surface area (TPSA) is 52.9 Å². The minimum Gasteiger partial charge on any atom is -0.337 e. The van der Waals surface area contributed by atoms with Crippen molar-refractivity contribution in [1.82, 2.24) is 5.32 Å². The standard InChI is InChI=1S/C18H26N2O/c1-3-4-5-6-7-8-10-16-11-9-12-17(13-16)18(21)20-15(2)14-19/h9,11-13,15H,3-8,10H2,1-2H3,(H,20,21). The van der Waals surface area contributed by atoms with Gasteiger partial charge in [0.15, 0.2) is 0 Å². The first-order valence-electron chi connectivity index (χ1n) is 7.96. The van der Waals surface area contributed by atoms with Crippen molar-refractivity contribution in [1.29, 1.82) is 5.26 Å². The number of aryl methyl sites for hydroxylation is 1. The van der Waals surface area contributed by atoms with E-state index >= 15 is 0 Å². The molecule has 0 spiro atoms. The molecular weight excluding hydrogens is 260 g/mol. The molecule has 1 aromatic rings. The molecule has 0 saturated carbocycles. The Kier molecular flexibility index (Phi) is 8.19. The average molecular weight is 286 g/mol. The Labute approximate surface area is 128 Å². The van der Waals surface area contributed by atoms with E-state index in [9.17, 15) is 4.79 Å². The van der Waals surface area contributed by atoms with Gasteiger partial charge >= 0.3 is 0 Å². The highest BCUT2D eigenvalue weighted by molar-refractivity contribution is 5.94. The zero-order valence-corrected chi connectivity index (χ0v) is 13.2. The highest BCUT2D eigenvalue weighted by atomic mass is 16.1. The van der Waals surface area contributed by atoms with Gasteiger partial charge in [0.2, 0.25) is 0 Å². The van der Waals surface area contributed by atoms with Gasteiger partial charge in [0.05, 0.1) is 6.07 Å². The zero-order chi connectivity index (χ0) is 15.5. The number of nitriles is 1. The molecule has 1 aromatic carbocycles. The summed E-state index contributed by atoms with van der Waals surface area (Å²) in [5, 5.41) is 11.4. The summed E-state index contributed by atoms with van der Waals surface area (Å²) in [5.41, 5.74) is 1.84. The molecule has 1 unspecified atom stereocenters. The Bertz CT molecular complexity index is 476. The fourth-order valence-corrected chi connectivity index (χ4v) is 2.29. The van der Waals surface area contributed by atoms with E-state index < -0.39 is 6.04 Å². The van der Waals surface area contributed by atoms with Crippen molar-refractivity contribution in [2.75, 3.05) is 0 Å². The first-order valence-corrected chi connectivity index (χ1v) is 7.96. The van der Waals surface area contributed by atoms with Crippen molar-refractivity contribution >= 4 is 5.91 Å². The molecule has 0 aliphatic rings. The highest BCUT2D eigenvalue weighted by Crippen LogP contribution is 2.12. The van der Waals surface area contributed by atoms with Gasteiger partial charge in [0.1, 0.15) is 6.04 Å². The molecule has 0 aliphatic carbocycles. The third kappa shape index (κ3) is 6.94. The van der Waals surface area contributed by atoms with E-state index in [0.717, 1.165) is 6.42 Å². The molecule has 0 aliphatic heterocycles. The predicted molar refractivity (Wildman–Crippen MR) is 86.1 cm³/mol. The van der Waals surface area contributed by atoms with Gasteiger partial charge in [-0.05, 0) is 37.5 Å². The lowest BCUT2D eigenvalue weighted by Crippen LogP contribution is -2.31. The summed E-state index contributed by atoms with van der Waals surface area (Å²) in [4.78, 5) is 12.0. The van der Waals surface area contributed by atoms with Crippen LogP contribution in [-0.2, 0) is 6.42 Å². The molecule has 21 heavy (non-hydrogen) atoms.